The van der Waals surface area contributed by atoms with Crippen molar-refractivity contribution < 1.29 is 13.9 Å². The quantitative estimate of drug-likeness (QED) is 0.821. The first-order chi connectivity index (χ1) is 12.7. The van der Waals surface area contributed by atoms with Gasteiger partial charge in [-0.2, -0.15) is 0 Å². The normalized spacial score (nSPS) is 24.5. The molecule has 0 aliphatic carbocycles. The van der Waals surface area contributed by atoms with Crippen molar-refractivity contribution in [3.05, 3.63) is 60.2 Å². The number of aromatic nitrogens is 1. The number of carbonyl (C=O) groups excluding carboxylic acids is 1. The molecule has 0 saturated carbocycles. The number of piperidine rings is 1. The van der Waals surface area contributed by atoms with Crippen molar-refractivity contribution >= 4 is 5.91 Å². The van der Waals surface area contributed by atoms with E-state index < -0.39 is 0 Å². The molecular weight excluding hydrogens is 331 g/mol. The van der Waals surface area contributed by atoms with E-state index in [4.69, 9.17) is 4.74 Å². The smallest absolute Gasteiger partial charge is 0.223 e. The molecule has 0 N–H and O–H groups in total. The van der Waals surface area contributed by atoms with Crippen LogP contribution in [0.25, 0.3) is 0 Å². The van der Waals surface area contributed by atoms with Crippen LogP contribution in [-0.4, -0.2) is 34.0 Å². The molecule has 26 heavy (non-hydrogen) atoms. The highest BCUT2D eigenvalue weighted by Crippen LogP contribution is 2.37. The summed E-state index contributed by atoms with van der Waals surface area (Å²) in [4.78, 5) is 18.8. The monoisotopic (exact) mass is 354 g/mol. The molecule has 0 spiro atoms. The van der Waals surface area contributed by atoms with Gasteiger partial charge in [0, 0.05) is 43.7 Å². The predicted octanol–water partition coefficient (Wildman–Crippen LogP) is 3.75. The fraction of sp³-hybridized carbons (Fsp3) is 0.429. The largest absolute Gasteiger partial charge is 0.490 e. The molecule has 2 atom stereocenters. The number of amides is 1. The molecule has 2 aliphatic rings. The molecule has 2 unspecified atom stereocenters. The Kier molecular flexibility index (Phi) is 4.87. The molecule has 136 valence electrons. The van der Waals surface area contributed by atoms with E-state index in [1.807, 2.05) is 23.1 Å². The van der Waals surface area contributed by atoms with Crippen molar-refractivity contribution in [2.24, 2.45) is 0 Å². The molecule has 2 bridgehead atoms. The summed E-state index contributed by atoms with van der Waals surface area (Å²) in [5, 5.41) is 0. The molecule has 2 fully saturated rings. The molecule has 2 aromatic rings. The van der Waals surface area contributed by atoms with E-state index in [1.54, 1.807) is 24.5 Å². The second-order valence-electron chi connectivity index (χ2n) is 7.17. The molecule has 3 heterocycles. The van der Waals surface area contributed by atoms with Gasteiger partial charge in [-0.05, 0) is 43.0 Å². The van der Waals surface area contributed by atoms with E-state index in [0.717, 1.165) is 31.4 Å². The highest BCUT2D eigenvalue weighted by molar-refractivity contribution is 5.77. The fourth-order valence-electron chi connectivity index (χ4n) is 4.31. The Balaban J connectivity index is 1.35. The van der Waals surface area contributed by atoms with E-state index in [-0.39, 0.29) is 29.9 Å². The Labute approximate surface area is 153 Å². The minimum absolute atomic E-state index is 0.142. The highest BCUT2D eigenvalue weighted by atomic mass is 19.1. The SMILES string of the molecule is O=C(CCc1ccccc1F)N1C2CCC1CC(Oc1ccncc1)C2. The molecule has 5 heteroatoms. The van der Waals surface area contributed by atoms with Crippen LogP contribution in [0.5, 0.6) is 5.75 Å². The van der Waals surface area contributed by atoms with E-state index in [9.17, 15) is 9.18 Å². The Morgan fingerprint density at radius 1 is 1.12 bits per heavy atom. The molecule has 2 aliphatic heterocycles. The summed E-state index contributed by atoms with van der Waals surface area (Å²) in [6.07, 6.45) is 8.22. The molecule has 1 aromatic heterocycles. The fourth-order valence-corrected chi connectivity index (χ4v) is 4.31. The number of pyridine rings is 1. The zero-order chi connectivity index (χ0) is 17.9. The molecule has 1 aromatic carbocycles. The van der Waals surface area contributed by atoms with Crippen molar-refractivity contribution in [2.75, 3.05) is 0 Å². The number of nitrogens with zero attached hydrogens (tertiary/aromatic N) is 2. The number of benzene rings is 1. The Morgan fingerprint density at radius 3 is 2.50 bits per heavy atom. The number of rotatable bonds is 5. The van der Waals surface area contributed by atoms with Gasteiger partial charge in [0.2, 0.25) is 5.91 Å². The van der Waals surface area contributed by atoms with Gasteiger partial charge < -0.3 is 9.64 Å². The first-order valence-electron chi connectivity index (χ1n) is 9.32. The summed E-state index contributed by atoms with van der Waals surface area (Å²) in [5.74, 6) is 0.750. The Bertz CT molecular complexity index is 754. The number of fused-ring (bicyclic) bond motifs is 2. The number of halogens is 1. The minimum atomic E-state index is -0.229. The number of ether oxygens (including phenoxy) is 1. The van der Waals surface area contributed by atoms with E-state index >= 15 is 0 Å². The number of hydrogen-bond acceptors (Lipinski definition) is 3. The average molecular weight is 354 g/mol. The lowest BCUT2D eigenvalue weighted by Crippen LogP contribution is -2.49. The zero-order valence-electron chi connectivity index (χ0n) is 14.7. The van der Waals surface area contributed by atoms with E-state index in [0.29, 0.717) is 18.4 Å². The summed E-state index contributed by atoms with van der Waals surface area (Å²) in [5.41, 5.74) is 0.615. The minimum Gasteiger partial charge on any atom is -0.490 e. The van der Waals surface area contributed by atoms with Crippen LogP contribution in [0.4, 0.5) is 4.39 Å². The lowest BCUT2D eigenvalue weighted by molar-refractivity contribution is -0.137. The van der Waals surface area contributed by atoms with Gasteiger partial charge >= 0.3 is 0 Å². The lowest BCUT2D eigenvalue weighted by atomic mass is 9.98. The second-order valence-corrected chi connectivity index (χ2v) is 7.17. The lowest BCUT2D eigenvalue weighted by Gasteiger charge is -2.39. The van der Waals surface area contributed by atoms with Crippen LogP contribution >= 0.6 is 0 Å². The van der Waals surface area contributed by atoms with Crippen LogP contribution in [0, 0.1) is 5.82 Å². The Hall–Kier alpha value is -2.43. The van der Waals surface area contributed by atoms with Crippen LogP contribution in [0.15, 0.2) is 48.8 Å². The third-order valence-electron chi connectivity index (χ3n) is 5.50. The van der Waals surface area contributed by atoms with Crippen molar-refractivity contribution in [1.29, 1.82) is 0 Å². The standard InChI is InChI=1S/C21H23FN2O2/c22-20-4-2-1-3-15(20)5-8-21(25)24-16-6-7-17(24)14-19(13-16)26-18-9-11-23-12-10-18/h1-4,9-12,16-17,19H,5-8,13-14H2. The molecule has 4 rings (SSSR count). The summed E-state index contributed by atoms with van der Waals surface area (Å²) in [6.45, 7) is 0. The molecule has 1 amide bonds. The zero-order valence-corrected chi connectivity index (χ0v) is 14.7. The number of aryl methyl sites for hydroxylation is 1. The van der Waals surface area contributed by atoms with Gasteiger partial charge in [-0.1, -0.05) is 18.2 Å². The van der Waals surface area contributed by atoms with Gasteiger partial charge in [0.15, 0.2) is 0 Å². The van der Waals surface area contributed by atoms with Gasteiger partial charge in [-0.3, -0.25) is 9.78 Å². The van der Waals surface area contributed by atoms with Crippen molar-refractivity contribution in [3.8, 4) is 5.75 Å². The van der Waals surface area contributed by atoms with Crippen molar-refractivity contribution in [1.82, 2.24) is 9.88 Å². The number of hydrogen-bond donors (Lipinski definition) is 0. The molecule has 4 nitrogen and oxygen atoms in total. The predicted molar refractivity (Wildman–Crippen MR) is 96.3 cm³/mol. The third kappa shape index (κ3) is 3.57. The van der Waals surface area contributed by atoms with Crippen LogP contribution in [0.2, 0.25) is 0 Å². The van der Waals surface area contributed by atoms with Crippen molar-refractivity contribution in [3.63, 3.8) is 0 Å². The topological polar surface area (TPSA) is 42.4 Å². The van der Waals surface area contributed by atoms with Gasteiger partial charge in [-0.15, -0.1) is 0 Å². The van der Waals surface area contributed by atoms with Crippen LogP contribution < -0.4 is 4.74 Å². The maximum Gasteiger partial charge on any atom is 0.223 e. The highest BCUT2D eigenvalue weighted by Gasteiger charge is 2.43. The van der Waals surface area contributed by atoms with Gasteiger partial charge in [0.05, 0.1) is 0 Å². The first-order valence-corrected chi connectivity index (χ1v) is 9.32. The molecule has 2 saturated heterocycles. The van der Waals surface area contributed by atoms with Crippen LogP contribution in [0.3, 0.4) is 0 Å². The summed E-state index contributed by atoms with van der Waals surface area (Å²) in [7, 11) is 0. The second kappa shape index (κ2) is 7.44. The summed E-state index contributed by atoms with van der Waals surface area (Å²) in [6, 6.07) is 10.9. The third-order valence-corrected chi connectivity index (χ3v) is 5.50. The van der Waals surface area contributed by atoms with Gasteiger partial charge in [-0.25, -0.2) is 4.39 Å². The van der Waals surface area contributed by atoms with Crippen LogP contribution in [0.1, 0.15) is 37.7 Å². The van der Waals surface area contributed by atoms with E-state index in [1.165, 1.54) is 6.07 Å². The van der Waals surface area contributed by atoms with Crippen LogP contribution in [-0.2, 0) is 11.2 Å². The summed E-state index contributed by atoms with van der Waals surface area (Å²) >= 11 is 0. The van der Waals surface area contributed by atoms with E-state index in [2.05, 4.69) is 4.98 Å². The molecule has 0 radical (unpaired) electrons. The first kappa shape index (κ1) is 17.0. The summed E-state index contributed by atoms with van der Waals surface area (Å²) < 4.78 is 19.8. The maximum absolute atomic E-state index is 13.8. The van der Waals surface area contributed by atoms with Gasteiger partial charge in [0.25, 0.3) is 0 Å². The number of carbonyl (C=O) groups is 1. The Morgan fingerprint density at radius 2 is 1.81 bits per heavy atom. The van der Waals surface area contributed by atoms with Crippen molar-refractivity contribution in [2.45, 2.75) is 56.7 Å². The van der Waals surface area contributed by atoms with Gasteiger partial charge in [0.1, 0.15) is 17.7 Å². The maximum atomic E-state index is 13.8. The molecular formula is C21H23FN2O2. The average Bonchev–Trinajstić information content (AvgIpc) is 2.93.